The van der Waals surface area contributed by atoms with Gasteiger partial charge in [-0.1, -0.05) is 18.2 Å². The fraction of sp³-hybridized carbons (Fsp3) is 0.208. The summed E-state index contributed by atoms with van der Waals surface area (Å²) in [6.07, 6.45) is 0. The number of nitrogens with zero attached hydrogens (tertiary/aromatic N) is 5. The first-order valence-electron chi connectivity index (χ1n) is 10.4. The molecule has 0 fully saturated rings. The maximum atomic E-state index is 11.6. The minimum Gasteiger partial charge on any atom is -0.478 e. The van der Waals surface area contributed by atoms with Gasteiger partial charge in [0.15, 0.2) is 11.5 Å². The molecule has 3 heterocycles. The molecule has 0 radical (unpaired) electrons. The number of hydrogen-bond donors (Lipinski definition) is 2. The molecule has 8 nitrogen and oxygen atoms in total. The Morgan fingerprint density at radius 3 is 2.85 bits per heavy atom. The first-order valence-corrected chi connectivity index (χ1v) is 11.3. The van der Waals surface area contributed by atoms with Crippen LogP contribution in [-0.2, 0) is 13.1 Å². The summed E-state index contributed by atoms with van der Waals surface area (Å²) in [5.41, 5.74) is 7.05. The molecule has 5 rings (SSSR count). The molecule has 2 aromatic heterocycles. The van der Waals surface area contributed by atoms with E-state index < -0.39 is 5.97 Å². The number of para-hydroxylation sites is 1. The van der Waals surface area contributed by atoms with Crippen molar-refractivity contribution in [3.05, 3.63) is 74.9 Å². The van der Waals surface area contributed by atoms with Gasteiger partial charge in [-0.05, 0) is 37.6 Å². The molecule has 1 aliphatic heterocycles. The highest BCUT2D eigenvalue weighted by Crippen LogP contribution is 2.34. The Hall–Kier alpha value is -4.03. The summed E-state index contributed by atoms with van der Waals surface area (Å²) in [5.74, 6) is -0.450. The molecule has 0 amide bonds. The van der Waals surface area contributed by atoms with Crippen LogP contribution in [0.4, 0.5) is 11.5 Å². The van der Waals surface area contributed by atoms with Crippen LogP contribution in [0.15, 0.2) is 41.9 Å². The summed E-state index contributed by atoms with van der Waals surface area (Å²) in [4.78, 5) is 28.8. The van der Waals surface area contributed by atoms with Gasteiger partial charge in [-0.25, -0.2) is 19.7 Å². The van der Waals surface area contributed by atoms with Crippen molar-refractivity contribution in [2.75, 3.05) is 10.2 Å². The number of aromatic nitrogens is 3. The van der Waals surface area contributed by atoms with Crippen LogP contribution in [0.3, 0.4) is 0 Å². The normalized spacial score (nSPS) is 13.5. The van der Waals surface area contributed by atoms with E-state index in [0.29, 0.717) is 35.6 Å². The van der Waals surface area contributed by atoms with Gasteiger partial charge in [0, 0.05) is 16.1 Å². The van der Waals surface area contributed by atoms with Crippen LogP contribution in [-0.4, -0.2) is 26.0 Å². The van der Waals surface area contributed by atoms with Crippen molar-refractivity contribution in [2.24, 2.45) is 0 Å². The van der Waals surface area contributed by atoms with Gasteiger partial charge < -0.3 is 15.3 Å². The molecule has 0 bridgehead atoms. The highest BCUT2D eigenvalue weighted by molar-refractivity contribution is 7.09. The molecule has 0 unspecified atom stereocenters. The van der Waals surface area contributed by atoms with Crippen LogP contribution in [0.2, 0.25) is 0 Å². The Morgan fingerprint density at radius 2 is 2.09 bits per heavy atom. The fourth-order valence-corrected chi connectivity index (χ4v) is 4.96. The highest BCUT2D eigenvalue weighted by Gasteiger charge is 2.27. The van der Waals surface area contributed by atoms with E-state index >= 15 is 0 Å². The van der Waals surface area contributed by atoms with Crippen molar-refractivity contribution in [1.82, 2.24) is 15.0 Å². The molecular formula is C24H20N6O2S. The van der Waals surface area contributed by atoms with Gasteiger partial charge in [-0.3, -0.25) is 0 Å². The fourth-order valence-electron chi connectivity index (χ4n) is 4.17. The van der Waals surface area contributed by atoms with E-state index in [1.54, 1.807) is 35.6 Å². The van der Waals surface area contributed by atoms with E-state index in [-0.39, 0.29) is 17.3 Å². The third kappa shape index (κ3) is 3.75. The number of benzene rings is 2. The smallest absolute Gasteiger partial charge is 0.337 e. The lowest BCUT2D eigenvalue weighted by Gasteiger charge is -2.21. The molecule has 2 aromatic carbocycles. The Bertz CT molecular complexity index is 1420. The number of aryl methyl sites for hydroxylation is 1. The van der Waals surface area contributed by atoms with Crippen molar-refractivity contribution >= 4 is 39.8 Å². The van der Waals surface area contributed by atoms with Gasteiger partial charge in [-0.15, -0.1) is 11.3 Å². The molecule has 2 N–H and O–H groups in total. The molecular weight excluding hydrogens is 436 g/mol. The first kappa shape index (κ1) is 20.8. The number of carboxylic acids is 1. The van der Waals surface area contributed by atoms with Crippen molar-refractivity contribution in [1.29, 1.82) is 5.26 Å². The maximum Gasteiger partial charge on any atom is 0.337 e. The molecule has 0 saturated carbocycles. The van der Waals surface area contributed by atoms with Crippen molar-refractivity contribution in [2.45, 2.75) is 33.0 Å². The second kappa shape index (κ2) is 8.15. The lowest BCUT2D eigenvalue weighted by Crippen LogP contribution is -2.19. The van der Waals surface area contributed by atoms with Gasteiger partial charge in [0.2, 0.25) is 0 Å². The van der Waals surface area contributed by atoms with Crippen LogP contribution in [0, 0.1) is 18.3 Å². The zero-order valence-electron chi connectivity index (χ0n) is 18.0. The summed E-state index contributed by atoms with van der Waals surface area (Å²) in [7, 11) is 0. The first-order chi connectivity index (χ1) is 15.9. The highest BCUT2D eigenvalue weighted by atomic mass is 32.1. The minimum atomic E-state index is -0.991. The number of rotatable bonds is 5. The SMILES string of the molecule is Cc1cc([C@@H](C)Nc2ccccc2C(=O)O)c2nc(N3Cc4ncsc4C3)c(C#N)nc2c1. The molecule has 9 heteroatoms. The number of anilines is 2. The van der Waals surface area contributed by atoms with E-state index in [2.05, 4.69) is 21.4 Å². The Morgan fingerprint density at radius 1 is 1.27 bits per heavy atom. The Labute approximate surface area is 194 Å². The summed E-state index contributed by atoms with van der Waals surface area (Å²) < 4.78 is 0. The number of nitriles is 1. The lowest BCUT2D eigenvalue weighted by molar-refractivity contribution is 0.0698. The Kier molecular flexibility index (Phi) is 5.15. The van der Waals surface area contributed by atoms with Crippen molar-refractivity contribution < 1.29 is 9.90 Å². The molecule has 0 aliphatic carbocycles. The number of hydrogen-bond acceptors (Lipinski definition) is 8. The quantitative estimate of drug-likeness (QED) is 0.446. The topological polar surface area (TPSA) is 115 Å². The van der Waals surface area contributed by atoms with E-state index in [9.17, 15) is 15.2 Å². The number of carboxylic acid groups (broad SMARTS) is 1. The average molecular weight is 457 g/mol. The molecule has 1 aliphatic rings. The minimum absolute atomic E-state index is 0.204. The van der Waals surface area contributed by atoms with E-state index in [1.165, 1.54) is 4.88 Å². The predicted octanol–water partition coefficient (Wildman–Crippen LogP) is 4.66. The van der Waals surface area contributed by atoms with Crippen molar-refractivity contribution in [3.8, 4) is 6.07 Å². The number of thiazole rings is 1. The lowest BCUT2D eigenvalue weighted by atomic mass is 10.0. The maximum absolute atomic E-state index is 11.6. The van der Waals surface area contributed by atoms with Gasteiger partial charge in [0.1, 0.15) is 6.07 Å². The summed E-state index contributed by atoms with van der Waals surface area (Å²) in [6.45, 7) is 5.17. The average Bonchev–Trinajstić information content (AvgIpc) is 3.40. The van der Waals surface area contributed by atoms with Gasteiger partial charge in [0.25, 0.3) is 0 Å². The van der Waals surface area contributed by atoms with E-state index in [1.807, 2.05) is 36.4 Å². The summed E-state index contributed by atoms with van der Waals surface area (Å²) in [5, 5.41) is 22.6. The van der Waals surface area contributed by atoms with Crippen LogP contribution in [0.5, 0.6) is 0 Å². The van der Waals surface area contributed by atoms with Crippen LogP contribution in [0.25, 0.3) is 11.0 Å². The van der Waals surface area contributed by atoms with Crippen LogP contribution in [0.1, 0.15) is 50.7 Å². The molecule has 1 atom stereocenters. The Balaban J connectivity index is 1.58. The molecule has 4 aromatic rings. The number of aromatic carboxylic acids is 1. The third-order valence-corrected chi connectivity index (χ3v) is 6.59. The zero-order chi connectivity index (χ0) is 23.1. The zero-order valence-corrected chi connectivity index (χ0v) is 18.8. The number of fused-ring (bicyclic) bond motifs is 2. The van der Waals surface area contributed by atoms with Crippen LogP contribution < -0.4 is 10.2 Å². The van der Waals surface area contributed by atoms with Gasteiger partial charge in [0.05, 0.1) is 46.9 Å². The van der Waals surface area contributed by atoms with E-state index in [4.69, 9.17) is 4.98 Å². The summed E-state index contributed by atoms with van der Waals surface area (Å²) >= 11 is 1.60. The second-order valence-corrected chi connectivity index (χ2v) is 8.96. The van der Waals surface area contributed by atoms with E-state index in [0.717, 1.165) is 16.8 Å². The summed E-state index contributed by atoms with van der Waals surface area (Å²) in [6, 6.07) is 12.7. The largest absolute Gasteiger partial charge is 0.478 e. The molecule has 0 saturated heterocycles. The second-order valence-electron chi connectivity index (χ2n) is 8.02. The van der Waals surface area contributed by atoms with Crippen molar-refractivity contribution in [3.63, 3.8) is 0 Å². The molecule has 33 heavy (non-hydrogen) atoms. The third-order valence-electron chi connectivity index (χ3n) is 5.73. The number of nitrogens with one attached hydrogen (secondary N) is 1. The standard InChI is InChI=1S/C24H20N6O2S/c1-13-7-16(14(2)27-17-6-4-3-5-15(17)24(31)32)22-18(8-13)28-19(9-25)23(29-22)30-10-20-21(11-30)33-12-26-20/h3-8,12,14,27H,10-11H2,1-2H3,(H,31,32)/t14-/m1/s1. The predicted molar refractivity (Wildman–Crippen MR) is 126 cm³/mol. The number of carbonyl (C=O) groups is 1. The monoisotopic (exact) mass is 456 g/mol. The molecule has 164 valence electrons. The van der Waals surface area contributed by atoms with Crippen LogP contribution >= 0.6 is 11.3 Å². The molecule has 0 spiro atoms. The van der Waals surface area contributed by atoms with Gasteiger partial charge >= 0.3 is 5.97 Å². The van der Waals surface area contributed by atoms with Gasteiger partial charge in [-0.2, -0.15) is 5.26 Å².